The SMILES string of the molecule is Cl.Nc1cc(C(=O)O)c2ccccc2c1. The fourth-order valence-corrected chi connectivity index (χ4v) is 1.51. The Morgan fingerprint density at radius 2 is 1.87 bits per heavy atom. The van der Waals surface area contributed by atoms with Crippen LogP contribution in [0.1, 0.15) is 10.4 Å². The van der Waals surface area contributed by atoms with Crippen LogP contribution in [0.25, 0.3) is 10.8 Å². The molecule has 0 fully saturated rings. The van der Waals surface area contributed by atoms with E-state index in [1.165, 1.54) is 6.07 Å². The predicted octanol–water partition coefficient (Wildman–Crippen LogP) is 2.54. The van der Waals surface area contributed by atoms with Crippen LogP contribution in [0.15, 0.2) is 36.4 Å². The monoisotopic (exact) mass is 223 g/mol. The molecule has 0 saturated carbocycles. The molecule has 0 spiro atoms. The van der Waals surface area contributed by atoms with E-state index in [0.717, 1.165) is 5.39 Å². The number of fused-ring (bicyclic) bond motifs is 1. The van der Waals surface area contributed by atoms with Crippen molar-refractivity contribution in [2.75, 3.05) is 5.73 Å². The zero-order chi connectivity index (χ0) is 10.1. The highest BCUT2D eigenvalue weighted by molar-refractivity contribution is 6.05. The fraction of sp³-hybridized carbons (Fsp3) is 0. The number of carbonyl (C=O) groups is 1. The molecule has 0 radical (unpaired) electrons. The Kier molecular flexibility index (Phi) is 3.17. The summed E-state index contributed by atoms with van der Waals surface area (Å²) >= 11 is 0. The lowest BCUT2D eigenvalue weighted by Crippen LogP contribution is -1.99. The van der Waals surface area contributed by atoms with Gasteiger partial charge in [-0.3, -0.25) is 0 Å². The Morgan fingerprint density at radius 3 is 2.53 bits per heavy atom. The molecule has 0 aliphatic carbocycles. The number of carboxylic acids is 1. The molecular formula is C11H10ClNO2. The van der Waals surface area contributed by atoms with E-state index in [-0.39, 0.29) is 18.0 Å². The van der Waals surface area contributed by atoms with E-state index in [9.17, 15) is 4.79 Å². The van der Waals surface area contributed by atoms with E-state index in [1.807, 2.05) is 18.2 Å². The van der Waals surface area contributed by atoms with Crippen molar-refractivity contribution in [2.45, 2.75) is 0 Å². The number of benzene rings is 2. The normalized spacial score (nSPS) is 9.60. The van der Waals surface area contributed by atoms with Crippen LogP contribution in [0, 0.1) is 0 Å². The third-order valence-corrected chi connectivity index (χ3v) is 2.11. The van der Waals surface area contributed by atoms with E-state index in [0.29, 0.717) is 11.1 Å². The maximum absolute atomic E-state index is 10.9. The van der Waals surface area contributed by atoms with Crippen molar-refractivity contribution in [3.05, 3.63) is 42.0 Å². The van der Waals surface area contributed by atoms with Gasteiger partial charge in [0.1, 0.15) is 0 Å². The summed E-state index contributed by atoms with van der Waals surface area (Å²) in [6, 6.07) is 10.5. The summed E-state index contributed by atoms with van der Waals surface area (Å²) in [7, 11) is 0. The van der Waals surface area contributed by atoms with Crippen molar-refractivity contribution >= 4 is 34.8 Å². The van der Waals surface area contributed by atoms with E-state index < -0.39 is 5.97 Å². The van der Waals surface area contributed by atoms with Crippen molar-refractivity contribution in [1.82, 2.24) is 0 Å². The van der Waals surface area contributed by atoms with Gasteiger partial charge < -0.3 is 10.8 Å². The van der Waals surface area contributed by atoms with E-state index in [4.69, 9.17) is 10.8 Å². The second kappa shape index (κ2) is 4.19. The first-order valence-electron chi connectivity index (χ1n) is 4.20. The van der Waals surface area contributed by atoms with Crippen molar-refractivity contribution < 1.29 is 9.90 Å². The average molecular weight is 224 g/mol. The predicted molar refractivity (Wildman–Crippen MR) is 62.6 cm³/mol. The third kappa shape index (κ3) is 2.02. The average Bonchev–Trinajstić information content (AvgIpc) is 2.16. The number of rotatable bonds is 1. The number of nitrogens with two attached hydrogens (primary N) is 1. The van der Waals surface area contributed by atoms with Gasteiger partial charge in [-0.2, -0.15) is 0 Å². The standard InChI is InChI=1S/C11H9NO2.ClH/c12-8-5-7-3-1-2-4-9(7)10(6-8)11(13)14;/h1-6H,12H2,(H,13,14);1H. The molecule has 78 valence electrons. The summed E-state index contributed by atoms with van der Waals surface area (Å²) in [5.74, 6) is -0.950. The number of halogens is 1. The largest absolute Gasteiger partial charge is 0.478 e. The zero-order valence-corrected chi connectivity index (χ0v) is 8.62. The van der Waals surface area contributed by atoms with Crippen LogP contribution in [0.4, 0.5) is 5.69 Å². The smallest absolute Gasteiger partial charge is 0.336 e. The van der Waals surface area contributed by atoms with Gasteiger partial charge in [-0.1, -0.05) is 24.3 Å². The Morgan fingerprint density at radius 1 is 1.20 bits per heavy atom. The quantitative estimate of drug-likeness (QED) is 0.731. The molecule has 0 aromatic heterocycles. The second-order valence-electron chi connectivity index (χ2n) is 3.09. The Hall–Kier alpha value is -1.74. The van der Waals surface area contributed by atoms with Crippen molar-refractivity contribution in [3.63, 3.8) is 0 Å². The number of aromatic carboxylic acids is 1. The number of carboxylic acid groups (broad SMARTS) is 1. The van der Waals surface area contributed by atoms with Crippen LogP contribution in [0.5, 0.6) is 0 Å². The van der Waals surface area contributed by atoms with Crippen molar-refractivity contribution in [1.29, 1.82) is 0 Å². The van der Waals surface area contributed by atoms with E-state index >= 15 is 0 Å². The number of hydrogen-bond acceptors (Lipinski definition) is 2. The first-order chi connectivity index (χ1) is 6.68. The molecule has 0 heterocycles. The summed E-state index contributed by atoms with van der Waals surface area (Å²) in [5, 5.41) is 10.5. The Bertz CT molecular complexity index is 511. The number of nitrogen functional groups attached to an aromatic ring is 1. The van der Waals surface area contributed by atoms with Crippen LogP contribution in [0.3, 0.4) is 0 Å². The van der Waals surface area contributed by atoms with Crippen LogP contribution < -0.4 is 5.73 Å². The Balaban J connectivity index is 0.00000112. The van der Waals surface area contributed by atoms with Gasteiger partial charge in [-0.15, -0.1) is 12.4 Å². The fourth-order valence-electron chi connectivity index (χ4n) is 1.51. The lowest BCUT2D eigenvalue weighted by atomic mass is 10.0. The maximum Gasteiger partial charge on any atom is 0.336 e. The van der Waals surface area contributed by atoms with E-state index in [2.05, 4.69) is 0 Å². The molecule has 0 unspecified atom stereocenters. The second-order valence-corrected chi connectivity index (χ2v) is 3.09. The van der Waals surface area contributed by atoms with Crippen molar-refractivity contribution in [3.8, 4) is 0 Å². The Labute approximate surface area is 92.9 Å². The van der Waals surface area contributed by atoms with Gasteiger partial charge in [-0.25, -0.2) is 4.79 Å². The van der Waals surface area contributed by atoms with Crippen LogP contribution >= 0.6 is 12.4 Å². The first kappa shape index (κ1) is 11.3. The highest BCUT2D eigenvalue weighted by Gasteiger charge is 2.08. The minimum atomic E-state index is -0.950. The van der Waals surface area contributed by atoms with Gasteiger partial charge in [-0.05, 0) is 22.9 Å². The first-order valence-corrected chi connectivity index (χ1v) is 4.20. The molecule has 0 aliphatic heterocycles. The molecular weight excluding hydrogens is 214 g/mol. The minimum absolute atomic E-state index is 0. The molecule has 0 bridgehead atoms. The van der Waals surface area contributed by atoms with E-state index in [1.54, 1.807) is 12.1 Å². The summed E-state index contributed by atoms with van der Waals surface area (Å²) in [6.07, 6.45) is 0. The lowest BCUT2D eigenvalue weighted by molar-refractivity contribution is 0.0699. The molecule has 15 heavy (non-hydrogen) atoms. The summed E-state index contributed by atoms with van der Waals surface area (Å²) in [5.41, 5.74) is 6.32. The van der Waals surface area contributed by atoms with Crippen LogP contribution in [-0.2, 0) is 0 Å². The summed E-state index contributed by atoms with van der Waals surface area (Å²) in [4.78, 5) is 10.9. The molecule has 2 rings (SSSR count). The van der Waals surface area contributed by atoms with Gasteiger partial charge in [0.2, 0.25) is 0 Å². The van der Waals surface area contributed by atoms with Gasteiger partial charge in [0.05, 0.1) is 5.56 Å². The molecule has 0 aliphatic rings. The molecule has 4 heteroatoms. The highest BCUT2D eigenvalue weighted by Crippen LogP contribution is 2.22. The zero-order valence-electron chi connectivity index (χ0n) is 7.81. The summed E-state index contributed by atoms with van der Waals surface area (Å²) in [6.45, 7) is 0. The van der Waals surface area contributed by atoms with Gasteiger partial charge in [0.15, 0.2) is 0 Å². The summed E-state index contributed by atoms with van der Waals surface area (Å²) < 4.78 is 0. The molecule has 0 saturated heterocycles. The maximum atomic E-state index is 10.9. The van der Waals surface area contributed by atoms with Gasteiger partial charge >= 0.3 is 5.97 Å². The van der Waals surface area contributed by atoms with Crippen LogP contribution in [0.2, 0.25) is 0 Å². The molecule has 0 atom stereocenters. The topological polar surface area (TPSA) is 63.3 Å². The number of hydrogen-bond donors (Lipinski definition) is 2. The van der Waals surface area contributed by atoms with Crippen LogP contribution in [-0.4, -0.2) is 11.1 Å². The molecule has 3 N–H and O–H groups in total. The highest BCUT2D eigenvalue weighted by atomic mass is 35.5. The van der Waals surface area contributed by atoms with Gasteiger partial charge in [0.25, 0.3) is 0 Å². The lowest BCUT2D eigenvalue weighted by Gasteiger charge is -2.03. The molecule has 0 amide bonds. The van der Waals surface area contributed by atoms with Gasteiger partial charge in [0, 0.05) is 5.69 Å². The minimum Gasteiger partial charge on any atom is -0.478 e. The number of anilines is 1. The molecule has 3 nitrogen and oxygen atoms in total. The third-order valence-electron chi connectivity index (χ3n) is 2.11. The van der Waals surface area contributed by atoms with Crippen molar-refractivity contribution in [2.24, 2.45) is 0 Å². The molecule has 2 aromatic rings. The molecule has 2 aromatic carbocycles.